The summed E-state index contributed by atoms with van der Waals surface area (Å²) in [6.45, 7) is 6.27. The molecule has 0 amide bonds. The Kier molecular flexibility index (Phi) is 4.81. The Morgan fingerprint density at radius 1 is 1.44 bits per heavy atom. The van der Waals surface area contributed by atoms with Crippen LogP contribution in [0.4, 0.5) is 0 Å². The van der Waals surface area contributed by atoms with Crippen molar-refractivity contribution in [2.75, 3.05) is 6.61 Å². The molecule has 0 aromatic heterocycles. The maximum Gasteiger partial charge on any atom is 0.180 e. The van der Waals surface area contributed by atoms with Crippen molar-refractivity contribution in [3.63, 3.8) is 0 Å². The van der Waals surface area contributed by atoms with Gasteiger partial charge in [0.05, 0.1) is 12.0 Å². The zero-order valence-corrected chi connectivity index (χ0v) is 10.7. The van der Waals surface area contributed by atoms with Crippen molar-refractivity contribution in [1.82, 2.24) is 0 Å². The molecule has 1 atom stereocenters. The first-order valence-corrected chi connectivity index (χ1v) is 5.97. The van der Waals surface area contributed by atoms with E-state index in [9.17, 15) is 4.79 Å². The molecular formula is C13H17ClO2. The second-order valence-corrected chi connectivity index (χ2v) is 4.24. The Bertz CT molecular complexity index is 372. The minimum absolute atomic E-state index is 0.0263. The van der Waals surface area contributed by atoms with Gasteiger partial charge in [-0.1, -0.05) is 6.92 Å². The lowest BCUT2D eigenvalue weighted by atomic mass is 10.00. The van der Waals surface area contributed by atoms with Crippen LogP contribution in [0.5, 0.6) is 5.75 Å². The number of rotatable bonds is 5. The summed E-state index contributed by atoms with van der Waals surface area (Å²) in [5, 5.41) is -0.483. The van der Waals surface area contributed by atoms with E-state index in [1.807, 2.05) is 26.0 Å². The molecule has 0 spiro atoms. The normalized spacial score (nSPS) is 12.2. The largest absolute Gasteiger partial charge is 0.494 e. The summed E-state index contributed by atoms with van der Waals surface area (Å²) < 4.78 is 5.40. The zero-order valence-electron chi connectivity index (χ0n) is 9.92. The van der Waals surface area contributed by atoms with Crippen LogP contribution < -0.4 is 4.74 Å². The molecule has 16 heavy (non-hydrogen) atoms. The number of Topliss-reactive ketones (excluding diaryl/α,β-unsaturated/α-hetero) is 1. The number of carbonyl (C=O) groups excluding carboxylic acids is 1. The van der Waals surface area contributed by atoms with Gasteiger partial charge in [0, 0.05) is 5.56 Å². The van der Waals surface area contributed by atoms with Gasteiger partial charge in [0.2, 0.25) is 0 Å². The van der Waals surface area contributed by atoms with Crippen molar-refractivity contribution in [2.24, 2.45) is 0 Å². The number of hydrogen-bond acceptors (Lipinski definition) is 2. The van der Waals surface area contributed by atoms with E-state index in [4.69, 9.17) is 16.3 Å². The Morgan fingerprint density at radius 3 is 2.62 bits per heavy atom. The van der Waals surface area contributed by atoms with Crippen LogP contribution in [0.2, 0.25) is 0 Å². The molecule has 1 rings (SSSR count). The summed E-state index contributed by atoms with van der Waals surface area (Å²) in [7, 11) is 0. The summed E-state index contributed by atoms with van der Waals surface area (Å²) in [5.74, 6) is 0.777. The monoisotopic (exact) mass is 240 g/mol. The minimum Gasteiger partial charge on any atom is -0.494 e. The molecule has 3 heteroatoms. The second-order valence-electron chi connectivity index (χ2n) is 3.59. The van der Waals surface area contributed by atoms with Crippen molar-refractivity contribution in [2.45, 2.75) is 32.6 Å². The Labute approximate surface area is 102 Å². The van der Waals surface area contributed by atoms with Gasteiger partial charge < -0.3 is 4.74 Å². The SMILES string of the molecule is CCOc1ccc(C(=O)C(C)Cl)c(CC)c1. The molecule has 0 aliphatic heterocycles. The fourth-order valence-corrected chi connectivity index (χ4v) is 1.69. The highest BCUT2D eigenvalue weighted by Gasteiger charge is 2.15. The van der Waals surface area contributed by atoms with E-state index < -0.39 is 5.38 Å². The Balaban J connectivity index is 3.06. The number of ketones is 1. The fourth-order valence-electron chi connectivity index (χ4n) is 1.57. The van der Waals surface area contributed by atoms with Crippen molar-refractivity contribution in [3.8, 4) is 5.75 Å². The molecule has 88 valence electrons. The van der Waals surface area contributed by atoms with Crippen LogP contribution in [0, 0.1) is 0 Å². The quantitative estimate of drug-likeness (QED) is 0.582. The molecule has 0 saturated heterocycles. The predicted molar refractivity (Wildman–Crippen MR) is 66.6 cm³/mol. The molecule has 0 bridgehead atoms. The standard InChI is InChI=1S/C13H17ClO2/c1-4-10-8-11(16-5-2)6-7-12(10)13(15)9(3)14/h6-9H,4-5H2,1-3H3. The molecule has 1 aromatic carbocycles. The van der Waals surface area contributed by atoms with Gasteiger partial charge in [0.25, 0.3) is 0 Å². The van der Waals surface area contributed by atoms with E-state index in [0.717, 1.165) is 17.7 Å². The lowest BCUT2D eigenvalue weighted by Crippen LogP contribution is -2.13. The van der Waals surface area contributed by atoms with E-state index in [0.29, 0.717) is 12.2 Å². The molecule has 0 heterocycles. The molecule has 0 N–H and O–H groups in total. The van der Waals surface area contributed by atoms with E-state index in [1.165, 1.54) is 0 Å². The highest BCUT2D eigenvalue weighted by molar-refractivity contribution is 6.33. The molecule has 2 nitrogen and oxygen atoms in total. The Hall–Kier alpha value is -1.02. The lowest BCUT2D eigenvalue weighted by molar-refractivity contribution is 0.0991. The lowest BCUT2D eigenvalue weighted by Gasteiger charge is -2.11. The predicted octanol–water partition coefficient (Wildman–Crippen LogP) is 3.46. The fraction of sp³-hybridized carbons (Fsp3) is 0.462. The van der Waals surface area contributed by atoms with Gasteiger partial charge in [-0.15, -0.1) is 11.6 Å². The summed E-state index contributed by atoms with van der Waals surface area (Å²) in [6, 6.07) is 5.52. The summed E-state index contributed by atoms with van der Waals surface area (Å²) in [5.41, 5.74) is 1.69. The molecule has 1 aromatic rings. The van der Waals surface area contributed by atoms with Crippen LogP contribution in [-0.2, 0) is 6.42 Å². The smallest absolute Gasteiger partial charge is 0.180 e. The molecular weight excluding hydrogens is 224 g/mol. The topological polar surface area (TPSA) is 26.3 Å². The van der Waals surface area contributed by atoms with Gasteiger partial charge in [0.1, 0.15) is 5.75 Å². The van der Waals surface area contributed by atoms with Crippen LogP contribution in [0.1, 0.15) is 36.7 Å². The van der Waals surface area contributed by atoms with Crippen molar-refractivity contribution in [1.29, 1.82) is 0 Å². The van der Waals surface area contributed by atoms with Crippen LogP contribution >= 0.6 is 11.6 Å². The maximum atomic E-state index is 11.8. The van der Waals surface area contributed by atoms with Gasteiger partial charge in [-0.25, -0.2) is 0 Å². The third-order valence-corrected chi connectivity index (χ3v) is 2.59. The van der Waals surface area contributed by atoms with Gasteiger partial charge in [-0.2, -0.15) is 0 Å². The van der Waals surface area contributed by atoms with Crippen LogP contribution in [0.15, 0.2) is 18.2 Å². The van der Waals surface area contributed by atoms with Crippen molar-refractivity contribution < 1.29 is 9.53 Å². The van der Waals surface area contributed by atoms with Gasteiger partial charge in [-0.3, -0.25) is 4.79 Å². The van der Waals surface area contributed by atoms with Crippen molar-refractivity contribution in [3.05, 3.63) is 29.3 Å². The first-order chi connectivity index (χ1) is 7.60. The first kappa shape index (κ1) is 13.0. The average Bonchev–Trinajstić information content (AvgIpc) is 2.28. The minimum atomic E-state index is -0.483. The van der Waals surface area contributed by atoms with Gasteiger partial charge in [0.15, 0.2) is 5.78 Å². The third-order valence-electron chi connectivity index (χ3n) is 2.40. The number of aryl methyl sites for hydroxylation is 1. The molecule has 1 unspecified atom stereocenters. The van der Waals surface area contributed by atoms with E-state index in [-0.39, 0.29) is 5.78 Å². The number of hydrogen-bond donors (Lipinski definition) is 0. The number of ether oxygens (including phenoxy) is 1. The van der Waals surface area contributed by atoms with Crippen LogP contribution in [0.25, 0.3) is 0 Å². The van der Waals surface area contributed by atoms with Crippen LogP contribution in [0.3, 0.4) is 0 Å². The van der Waals surface area contributed by atoms with Crippen LogP contribution in [-0.4, -0.2) is 17.8 Å². The van der Waals surface area contributed by atoms with Crippen molar-refractivity contribution >= 4 is 17.4 Å². The average molecular weight is 241 g/mol. The van der Waals surface area contributed by atoms with Gasteiger partial charge >= 0.3 is 0 Å². The summed E-state index contributed by atoms with van der Waals surface area (Å²) in [4.78, 5) is 11.8. The van der Waals surface area contributed by atoms with E-state index in [1.54, 1.807) is 13.0 Å². The highest BCUT2D eigenvalue weighted by Crippen LogP contribution is 2.21. The molecule has 0 fully saturated rings. The highest BCUT2D eigenvalue weighted by atomic mass is 35.5. The molecule has 0 aliphatic rings. The summed E-state index contributed by atoms with van der Waals surface area (Å²) >= 11 is 5.81. The third kappa shape index (κ3) is 2.99. The zero-order chi connectivity index (χ0) is 12.1. The summed E-state index contributed by atoms with van der Waals surface area (Å²) in [6.07, 6.45) is 0.797. The molecule has 0 saturated carbocycles. The number of halogens is 1. The Morgan fingerprint density at radius 2 is 2.12 bits per heavy atom. The number of carbonyl (C=O) groups is 1. The maximum absolute atomic E-state index is 11.8. The molecule has 0 aliphatic carbocycles. The van der Waals surface area contributed by atoms with E-state index >= 15 is 0 Å². The van der Waals surface area contributed by atoms with E-state index in [2.05, 4.69) is 0 Å². The number of alkyl halides is 1. The second kappa shape index (κ2) is 5.90. The van der Waals surface area contributed by atoms with Gasteiger partial charge in [-0.05, 0) is 44.0 Å². The molecule has 0 radical (unpaired) electrons. The first-order valence-electron chi connectivity index (χ1n) is 5.54. The number of benzene rings is 1.